The topological polar surface area (TPSA) is 87.1 Å². The van der Waals surface area contributed by atoms with Gasteiger partial charge in [-0.05, 0) is 50.3 Å². The smallest absolute Gasteiger partial charge is 0.226 e. The minimum absolute atomic E-state index is 0.122. The summed E-state index contributed by atoms with van der Waals surface area (Å²) in [4.78, 5) is 35.0. The summed E-state index contributed by atoms with van der Waals surface area (Å²) in [5.41, 5.74) is 3.53. The molecule has 4 heterocycles. The molecule has 0 aliphatic carbocycles. The third-order valence-corrected chi connectivity index (χ3v) is 6.19. The Balaban J connectivity index is 1.33. The Morgan fingerprint density at radius 1 is 1.06 bits per heavy atom. The van der Waals surface area contributed by atoms with Crippen LogP contribution in [0.15, 0.2) is 36.8 Å². The van der Waals surface area contributed by atoms with E-state index in [0.29, 0.717) is 28.7 Å². The van der Waals surface area contributed by atoms with E-state index in [9.17, 15) is 4.79 Å². The summed E-state index contributed by atoms with van der Waals surface area (Å²) < 4.78 is 0. The highest BCUT2D eigenvalue weighted by molar-refractivity contribution is 5.87. The molecule has 2 aliphatic rings. The molecule has 2 aromatic heterocycles. The van der Waals surface area contributed by atoms with Gasteiger partial charge in [0.15, 0.2) is 5.82 Å². The molecule has 31 heavy (non-hydrogen) atoms. The zero-order valence-electron chi connectivity index (χ0n) is 17.8. The predicted octanol–water partition coefficient (Wildman–Crippen LogP) is 3.31. The summed E-state index contributed by atoms with van der Waals surface area (Å²) in [6.45, 7) is 5.46. The molecule has 2 fully saturated rings. The first-order valence-corrected chi connectivity index (χ1v) is 11.0. The number of aryl methyl sites for hydroxylation is 1. The number of carbonyl (C=O) groups excluding carboxylic acids is 1. The van der Waals surface area contributed by atoms with Gasteiger partial charge < -0.3 is 15.1 Å². The van der Waals surface area contributed by atoms with Crippen LogP contribution >= 0.6 is 0 Å². The molecule has 160 valence electrons. The highest BCUT2D eigenvalue weighted by Gasteiger charge is 2.30. The minimum Gasteiger partial charge on any atom is -0.342 e. The van der Waals surface area contributed by atoms with Crippen LogP contribution < -0.4 is 10.2 Å². The number of benzene rings is 1. The molecule has 1 aromatic carbocycles. The third kappa shape index (κ3) is 4.15. The van der Waals surface area contributed by atoms with Crippen molar-refractivity contribution in [3.05, 3.63) is 42.4 Å². The molecule has 5 rings (SSSR count). The number of aromatic nitrogens is 4. The predicted molar refractivity (Wildman–Crippen MR) is 120 cm³/mol. The van der Waals surface area contributed by atoms with E-state index in [1.54, 1.807) is 6.20 Å². The van der Waals surface area contributed by atoms with Crippen molar-refractivity contribution in [1.82, 2.24) is 24.8 Å². The Morgan fingerprint density at radius 3 is 2.65 bits per heavy atom. The van der Waals surface area contributed by atoms with Gasteiger partial charge in [0.1, 0.15) is 17.4 Å². The summed E-state index contributed by atoms with van der Waals surface area (Å²) >= 11 is 0. The summed E-state index contributed by atoms with van der Waals surface area (Å²) in [7, 11) is 0. The van der Waals surface area contributed by atoms with Crippen LogP contribution in [0.3, 0.4) is 0 Å². The van der Waals surface area contributed by atoms with E-state index in [0.717, 1.165) is 57.5 Å². The van der Waals surface area contributed by atoms with Gasteiger partial charge >= 0.3 is 0 Å². The van der Waals surface area contributed by atoms with Crippen molar-refractivity contribution in [2.45, 2.75) is 32.6 Å². The average molecular weight is 418 g/mol. The number of hydrogen-bond acceptors (Lipinski definition) is 7. The molecule has 2 aliphatic heterocycles. The SMILES string of the molecule is Cc1cccc(Nc2ncnc3cnc(N4CCC(C(=O)N5CCCC5)CC4)nc23)c1. The lowest BCUT2D eigenvalue weighted by Gasteiger charge is -2.33. The quantitative estimate of drug-likeness (QED) is 0.697. The standard InChI is InChI=1S/C23H27N7O/c1-16-5-4-6-18(13-16)27-21-20-19(25-15-26-21)14-24-23(28-20)30-11-7-17(8-12-30)22(31)29-9-2-3-10-29/h4-6,13-15,17H,2-3,7-12H2,1H3,(H,25,26,27). The fraction of sp³-hybridized carbons (Fsp3) is 0.435. The number of carbonyl (C=O) groups is 1. The average Bonchev–Trinajstić information content (AvgIpc) is 3.34. The lowest BCUT2D eigenvalue weighted by Crippen LogP contribution is -2.42. The van der Waals surface area contributed by atoms with Crippen LogP contribution in [0.1, 0.15) is 31.2 Å². The van der Waals surface area contributed by atoms with E-state index < -0.39 is 0 Å². The van der Waals surface area contributed by atoms with Crippen molar-refractivity contribution in [2.75, 3.05) is 36.4 Å². The number of amides is 1. The van der Waals surface area contributed by atoms with Gasteiger partial charge in [-0.1, -0.05) is 12.1 Å². The van der Waals surface area contributed by atoms with Crippen LogP contribution in [0.5, 0.6) is 0 Å². The van der Waals surface area contributed by atoms with Crippen LogP contribution in [0, 0.1) is 12.8 Å². The second-order valence-electron chi connectivity index (χ2n) is 8.41. The van der Waals surface area contributed by atoms with E-state index in [1.807, 2.05) is 17.0 Å². The monoisotopic (exact) mass is 417 g/mol. The first kappa shape index (κ1) is 19.7. The lowest BCUT2D eigenvalue weighted by atomic mass is 9.95. The summed E-state index contributed by atoms with van der Waals surface area (Å²) in [6.07, 6.45) is 7.24. The number of fused-ring (bicyclic) bond motifs is 1. The van der Waals surface area contributed by atoms with Gasteiger partial charge in [0.25, 0.3) is 0 Å². The number of nitrogens with zero attached hydrogens (tertiary/aromatic N) is 6. The molecule has 8 heteroatoms. The van der Waals surface area contributed by atoms with E-state index in [2.05, 4.69) is 44.2 Å². The maximum Gasteiger partial charge on any atom is 0.226 e. The molecule has 1 N–H and O–H groups in total. The number of rotatable bonds is 4. The van der Waals surface area contributed by atoms with Gasteiger partial charge in [-0.2, -0.15) is 0 Å². The molecule has 8 nitrogen and oxygen atoms in total. The van der Waals surface area contributed by atoms with Gasteiger partial charge in [-0.25, -0.2) is 19.9 Å². The number of anilines is 3. The third-order valence-electron chi connectivity index (χ3n) is 6.19. The van der Waals surface area contributed by atoms with Crippen LogP contribution in [0.4, 0.5) is 17.5 Å². The zero-order valence-corrected chi connectivity index (χ0v) is 17.8. The Kier molecular flexibility index (Phi) is 5.36. The number of likely N-dealkylation sites (tertiary alicyclic amines) is 1. The fourth-order valence-corrected chi connectivity index (χ4v) is 4.47. The van der Waals surface area contributed by atoms with Gasteiger partial charge in [0.2, 0.25) is 11.9 Å². The van der Waals surface area contributed by atoms with E-state index in [-0.39, 0.29) is 5.92 Å². The Bertz CT molecular complexity index is 1090. The zero-order chi connectivity index (χ0) is 21.2. The summed E-state index contributed by atoms with van der Waals surface area (Å²) in [5.74, 6) is 1.78. The highest BCUT2D eigenvalue weighted by atomic mass is 16.2. The number of piperidine rings is 1. The Labute approximate surface area is 181 Å². The summed E-state index contributed by atoms with van der Waals surface area (Å²) in [6, 6.07) is 8.14. The van der Waals surface area contributed by atoms with E-state index >= 15 is 0 Å². The lowest BCUT2D eigenvalue weighted by molar-refractivity contribution is -0.135. The van der Waals surface area contributed by atoms with E-state index in [1.165, 1.54) is 11.9 Å². The largest absolute Gasteiger partial charge is 0.342 e. The second kappa shape index (κ2) is 8.45. The molecule has 2 saturated heterocycles. The molecular weight excluding hydrogens is 390 g/mol. The highest BCUT2D eigenvalue weighted by Crippen LogP contribution is 2.27. The van der Waals surface area contributed by atoms with Crippen LogP contribution in [-0.2, 0) is 4.79 Å². The number of hydrogen-bond donors (Lipinski definition) is 1. The molecule has 0 atom stereocenters. The molecule has 0 spiro atoms. The van der Waals surface area contributed by atoms with Gasteiger partial charge in [0, 0.05) is 37.8 Å². The molecule has 0 unspecified atom stereocenters. The van der Waals surface area contributed by atoms with Gasteiger partial charge in [0.05, 0.1) is 6.20 Å². The molecule has 3 aromatic rings. The van der Waals surface area contributed by atoms with Crippen molar-refractivity contribution in [2.24, 2.45) is 5.92 Å². The first-order valence-electron chi connectivity index (χ1n) is 11.0. The van der Waals surface area contributed by atoms with Crippen LogP contribution in [-0.4, -0.2) is 56.9 Å². The second-order valence-corrected chi connectivity index (χ2v) is 8.41. The number of nitrogens with one attached hydrogen (secondary N) is 1. The van der Waals surface area contributed by atoms with Gasteiger partial charge in [-0.3, -0.25) is 4.79 Å². The van der Waals surface area contributed by atoms with Crippen molar-refractivity contribution < 1.29 is 4.79 Å². The molecule has 0 bridgehead atoms. The van der Waals surface area contributed by atoms with Crippen molar-refractivity contribution in [3.8, 4) is 0 Å². The van der Waals surface area contributed by atoms with Crippen molar-refractivity contribution in [1.29, 1.82) is 0 Å². The minimum atomic E-state index is 0.122. The van der Waals surface area contributed by atoms with E-state index in [4.69, 9.17) is 4.98 Å². The Hall–Kier alpha value is -3.29. The van der Waals surface area contributed by atoms with Crippen molar-refractivity contribution in [3.63, 3.8) is 0 Å². The maximum absolute atomic E-state index is 12.7. The normalized spacial score (nSPS) is 17.3. The van der Waals surface area contributed by atoms with Crippen molar-refractivity contribution >= 4 is 34.4 Å². The fourth-order valence-electron chi connectivity index (χ4n) is 4.47. The van der Waals surface area contributed by atoms with Crippen LogP contribution in [0.2, 0.25) is 0 Å². The molecular formula is C23H27N7O. The first-order chi connectivity index (χ1) is 15.2. The Morgan fingerprint density at radius 2 is 1.87 bits per heavy atom. The molecule has 1 amide bonds. The summed E-state index contributed by atoms with van der Waals surface area (Å²) in [5, 5.41) is 3.36. The molecule has 0 radical (unpaired) electrons. The van der Waals surface area contributed by atoms with Crippen LogP contribution in [0.25, 0.3) is 11.0 Å². The maximum atomic E-state index is 12.7. The molecule has 0 saturated carbocycles. The van der Waals surface area contributed by atoms with Gasteiger partial charge in [-0.15, -0.1) is 0 Å².